The van der Waals surface area contributed by atoms with E-state index >= 15 is 0 Å². The third-order valence-corrected chi connectivity index (χ3v) is 6.64. The normalized spacial score (nSPS) is 10.9. The predicted molar refractivity (Wildman–Crippen MR) is 139 cm³/mol. The highest BCUT2D eigenvalue weighted by molar-refractivity contribution is 7.22. The molecule has 1 amide bonds. The number of carbonyl (C=O) groups is 1. The van der Waals surface area contributed by atoms with Crippen LogP contribution in [0.2, 0.25) is 0 Å². The molecule has 0 spiro atoms. The third-order valence-electron chi connectivity index (χ3n) is 5.60. The number of hydrogen-bond donors (Lipinski definition) is 0. The average Bonchev–Trinajstić information content (AvgIpc) is 3.31. The van der Waals surface area contributed by atoms with E-state index in [2.05, 4.69) is 19.1 Å². The van der Waals surface area contributed by atoms with Gasteiger partial charge in [-0.15, -0.1) is 0 Å². The van der Waals surface area contributed by atoms with Crippen LogP contribution in [-0.4, -0.2) is 10.9 Å². The molecule has 4 aromatic carbocycles. The number of benzene rings is 4. The second-order valence-corrected chi connectivity index (χ2v) is 8.95. The summed E-state index contributed by atoms with van der Waals surface area (Å²) in [6.45, 7) is 2.55. The van der Waals surface area contributed by atoms with E-state index in [0.29, 0.717) is 28.7 Å². The average molecular weight is 465 g/mol. The Hall–Kier alpha value is -3.96. The molecule has 4 nitrogen and oxygen atoms in total. The highest BCUT2D eigenvalue weighted by Gasteiger charge is 2.24. The zero-order chi connectivity index (χ0) is 23.3. The molecule has 34 heavy (non-hydrogen) atoms. The van der Waals surface area contributed by atoms with Crippen molar-refractivity contribution in [3.63, 3.8) is 0 Å². The number of hydrogen-bond acceptors (Lipinski definition) is 4. The van der Waals surface area contributed by atoms with Gasteiger partial charge in [-0.25, -0.2) is 4.98 Å². The van der Waals surface area contributed by atoms with Crippen LogP contribution in [-0.2, 0) is 13.0 Å². The SMILES string of the molecule is CCc1ccc2nc(N(Cc3ccccc3)C(=O)c3ccccc3Oc3ccccc3)sc2c1. The lowest BCUT2D eigenvalue weighted by atomic mass is 10.1. The number of thiazole rings is 1. The van der Waals surface area contributed by atoms with Crippen molar-refractivity contribution in [2.75, 3.05) is 4.90 Å². The van der Waals surface area contributed by atoms with Crippen molar-refractivity contribution >= 4 is 32.6 Å². The highest BCUT2D eigenvalue weighted by Crippen LogP contribution is 2.33. The van der Waals surface area contributed by atoms with Crippen LogP contribution in [0.15, 0.2) is 103 Å². The van der Waals surface area contributed by atoms with Gasteiger partial charge in [0.15, 0.2) is 5.13 Å². The molecule has 5 rings (SSSR count). The number of rotatable bonds is 7. The van der Waals surface area contributed by atoms with Crippen molar-refractivity contribution in [1.29, 1.82) is 0 Å². The first kappa shape index (κ1) is 21.9. The molecular formula is C29H24N2O2S. The third kappa shape index (κ3) is 4.70. The number of aromatic nitrogens is 1. The highest BCUT2D eigenvalue weighted by atomic mass is 32.1. The summed E-state index contributed by atoms with van der Waals surface area (Å²) in [7, 11) is 0. The molecule has 0 aliphatic carbocycles. The Kier molecular flexibility index (Phi) is 6.36. The monoisotopic (exact) mass is 464 g/mol. The Morgan fingerprint density at radius 1 is 0.853 bits per heavy atom. The number of fused-ring (bicyclic) bond motifs is 1. The van der Waals surface area contributed by atoms with Gasteiger partial charge in [0.2, 0.25) is 0 Å². The molecule has 0 aliphatic heterocycles. The number of para-hydroxylation sites is 2. The summed E-state index contributed by atoms with van der Waals surface area (Å²) in [5.74, 6) is 1.06. The molecule has 0 saturated heterocycles. The summed E-state index contributed by atoms with van der Waals surface area (Å²) < 4.78 is 7.17. The lowest BCUT2D eigenvalue weighted by molar-refractivity contribution is 0.0983. The van der Waals surface area contributed by atoms with Gasteiger partial charge in [-0.2, -0.15) is 0 Å². The van der Waals surface area contributed by atoms with Crippen LogP contribution in [0, 0.1) is 0 Å². The lowest BCUT2D eigenvalue weighted by Crippen LogP contribution is -2.30. The number of amides is 1. The van der Waals surface area contributed by atoms with E-state index in [1.807, 2.05) is 84.9 Å². The first-order valence-electron chi connectivity index (χ1n) is 11.3. The van der Waals surface area contributed by atoms with Crippen molar-refractivity contribution in [3.05, 3.63) is 120 Å². The van der Waals surface area contributed by atoms with Gasteiger partial charge in [0, 0.05) is 0 Å². The van der Waals surface area contributed by atoms with Gasteiger partial charge in [-0.1, -0.05) is 85.0 Å². The Bertz CT molecular complexity index is 1410. The Morgan fingerprint density at radius 3 is 2.32 bits per heavy atom. The minimum Gasteiger partial charge on any atom is -0.457 e. The summed E-state index contributed by atoms with van der Waals surface area (Å²) in [4.78, 5) is 20.5. The fourth-order valence-electron chi connectivity index (χ4n) is 3.78. The number of anilines is 1. The van der Waals surface area contributed by atoms with Crippen LogP contribution in [0.25, 0.3) is 10.2 Å². The molecule has 5 aromatic rings. The molecule has 0 radical (unpaired) electrons. The molecule has 0 N–H and O–H groups in total. The molecule has 0 atom stereocenters. The van der Waals surface area contributed by atoms with Crippen LogP contribution in [0.1, 0.15) is 28.4 Å². The van der Waals surface area contributed by atoms with E-state index < -0.39 is 0 Å². The number of ether oxygens (including phenoxy) is 1. The van der Waals surface area contributed by atoms with Crippen LogP contribution in [0.5, 0.6) is 11.5 Å². The molecule has 1 heterocycles. The van der Waals surface area contributed by atoms with Crippen molar-refractivity contribution in [1.82, 2.24) is 4.98 Å². The standard InChI is InChI=1S/C29H24N2O2S/c1-2-21-17-18-25-27(19-21)34-29(30-25)31(20-22-11-5-3-6-12-22)28(32)24-15-9-10-16-26(24)33-23-13-7-4-8-14-23/h3-19H,2,20H2,1H3. The maximum atomic E-state index is 14.0. The first-order valence-corrected chi connectivity index (χ1v) is 12.1. The van der Waals surface area contributed by atoms with Gasteiger partial charge in [0.05, 0.1) is 22.3 Å². The largest absolute Gasteiger partial charge is 0.457 e. The Labute approximate surface area is 203 Å². The van der Waals surface area contributed by atoms with Gasteiger partial charge in [-0.05, 0) is 53.9 Å². The molecule has 0 saturated carbocycles. The summed E-state index contributed by atoms with van der Waals surface area (Å²) in [6, 6.07) is 33.1. The molecular weight excluding hydrogens is 440 g/mol. The van der Waals surface area contributed by atoms with Gasteiger partial charge in [-0.3, -0.25) is 9.69 Å². The van der Waals surface area contributed by atoms with Gasteiger partial charge < -0.3 is 4.74 Å². The quantitative estimate of drug-likeness (QED) is 0.250. The minimum atomic E-state index is -0.148. The summed E-state index contributed by atoms with van der Waals surface area (Å²) in [5, 5.41) is 0.673. The second kappa shape index (κ2) is 9.89. The fourth-order valence-corrected chi connectivity index (χ4v) is 4.80. The molecule has 0 unspecified atom stereocenters. The Balaban J connectivity index is 1.55. The topological polar surface area (TPSA) is 42.4 Å². The molecule has 0 fully saturated rings. The number of carbonyl (C=O) groups excluding carboxylic acids is 1. The molecule has 1 aromatic heterocycles. The molecule has 0 bridgehead atoms. The van der Waals surface area contributed by atoms with E-state index in [1.165, 1.54) is 5.56 Å². The van der Waals surface area contributed by atoms with Crippen LogP contribution in [0.4, 0.5) is 5.13 Å². The van der Waals surface area contributed by atoms with E-state index in [9.17, 15) is 4.79 Å². The zero-order valence-electron chi connectivity index (χ0n) is 18.8. The summed E-state index contributed by atoms with van der Waals surface area (Å²) in [6.07, 6.45) is 0.958. The maximum absolute atomic E-state index is 14.0. The van der Waals surface area contributed by atoms with Gasteiger partial charge >= 0.3 is 0 Å². The van der Waals surface area contributed by atoms with Crippen LogP contribution < -0.4 is 9.64 Å². The number of nitrogens with zero attached hydrogens (tertiary/aromatic N) is 2. The molecule has 168 valence electrons. The molecule has 0 aliphatic rings. The molecule has 5 heteroatoms. The van der Waals surface area contributed by atoms with Gasteiger partial charge in [0.1, 0.15) is 11.5 Å². The maximum Gasteiger partial charge on any atom is 0.264 e. The van der Waals surface area contributed by atoms with E-state index in [-0.39, 0.29) is 5.91 Å². The number of aryl methyl sites for hydroxylation is 1. The predicted octanol–water partition coefficient (Wildman–Crippen LogP) is 7.50. The van der Waals surface area contributed by atoms with E-state index in [4.69, 9.17) is 9.72 Å². The smallest absolute Gasteiger partial charge is 0.264 e. The van der Waals surface area contributed by atoms with E-state index in [1.54, 1.807) is 22.3 Å². The van der Waals surface area contributed by atoms with Crippen molar-refractivity contribution in [2.45, 2.75) is 19.9 Å². The zero-order valence-corrected chi connectivity index (χ0v) is 19.7. The van der Waals surface area contributed by atoms with E-state index in [0.717, 1.165) is 22.2 Å². The lowest BCUT2D eigenvalue weighted by Gasteiger charge is -2.21. The summed E-state index contributed by atoms with van der Waals surface area (Å²) in [5.41, 5.74) is 3.68. The van der Waals surface area contributed by atoms with Crippen molar-refractivity contribution in [3.8, 4) is 11.5 Å². The van der Waals surface area contributed by atoms with Gasteiger partial charge in [0.25, 0.3) is 5.91 Å². The Morgan fingerprint density at radius 2 is 1.56 bits per heavy atom. The summed E-state index contributed by atoms with van der Waals surface area (Å²) >= 11 is 1.54. The second-order valence-electron chi connectivity index (χ2n) is 7.94. The van der Waals surface area contributed by atoms with Crippen LogP contribution >= 0.6 is 11.3 Å². The van der Waals surface area contributed by atoms with Crippen molar-refractivity contribution in [2.24, 2.45) is 0 Å². The van der Waals surface area contributed by atoms with Crippen molar-refractivity contribution < 1.29 is 9.53 Å². The fraction of sp³-hybridized carbons (Fsp3) is 0.103. The van der Waals surface area contributed by atoms with Crippen LogP contribution in [0.3, 0.4) is 0 Å². The minimum absolute atomic E-state index is 0.148. The first-order chi connectivity index (χ1) is 16.7.